The number of aldehydes is 1. The average Bonchev–Trinajstić information content (AvgIpc) is 4.09. The van der Waals surface area contributed by atoms with Gasteiger partial charge in [0.25, 0.3) is 0 Å². The largest absolute Gasteiger partial charge is 0.466 e. The fourth-order valence-electron chi connectivity index (χ4n) is 8.77. The fraction of sp³-hybridized carbons (Fsp3) is 0.931. The topological polar surface area (TPSA) is 108 Å². The van der Waals surface area contributed by atoms with Gasteiger partial charge in [-0.05, 0) is 76.7 Å². The number of nitrogens with two attached hydrogens (primary N) is 1. The van der Waals surface area contributed by atoms with Crippen molar-refractivity contribution in [2.75, 3.05) is 27.4 Å². The molecule has 0 spiro atoms. The molecule has 0 aromatic carbocycles. The van der Waals surface area contributed by atoms with Gasteiger partial charge >= 0.3 is 5.97 Å². The lowest BCUT2D eigenvalue weighted by molar-refractivity contribution is -0.158. The van der Waals surface area contributed by atoms with Gasteiger partial charge in [0.15, 0.2) is 6.29 Å². The lowest BCUT2D eigenvalue weighted by Crippen LogP contribution is -2.29. The van der Waals surface area contributed by atoms with Gasteiger partial charge in [-0.25, -0.2) is 0 Å². The molecule has 0 saturated heterocycles. The third-order valence-corrected chi connectivity index (χ3v) is 13.4. The number of aliphatic hydroxyl groups excluding tert-OH is 1. The zero-order valence-electron chi connectivity index (χ0n) is 45.6. The van der Waals surface area contributed by atoms with Gasteiger partial charge in [-0.1, -0.05) is 221 Å². The van der Waals surface area contributed by atoms with Crippen LogP contribution in [0.3, 0.4) is 0 Å². The van der Waals surface area contributed by atoms with Crippen LogP contribution in [-0.4, -0.2) is 63.3 Å². The number of halogens is 1. The van der Waals surface area contributed by atoms with Gasteiger partial charge < -0.3 is 29.8 Å². The van der Waals surface area contributed by atoms with E-state index in [2.05, 4.69) is 52.5 Å². The highest BCUT2D eigenvalue weighted by Crippen LogP contribution is 2.45. The molecule has 1 saturated carbocycles. The predicted molar refractivity (Wildman–Crippen MR) is 284 cm³/mol. The van der Waals surface area contributed by atoms with Crippen LogP contribution in [0.2, 0.25) is 0 Å². The highest BCUT2D eigenvalue weighted by atomic mass is 19.1. The Morgan fingerprint density at radius 2 is 1.12 bits per heavy atom. The van der Waals surface area contributed by atoms with Crippen LogP contribution in [0.25, 0.3) is 0 Å². The highest BCUT2D eigenvalue weighted by molar-refractivity contribution is 5.69. The summed E-state index contributed by atoms with van der Waals surface area (Å²) in [6.45, 7) is 14.8. The first-order chi connectivity index (χ1) is 32.2. The average molecular weight is 943 g/mol. The molecule has 7 atom stereocenters. The number of methoxy groups -OCH3 is 1. The quantitative estimate of drug-likeness (QED) is 0.0206. The molecule has 1 fully saturated rings. The summed E-state index contributed by atoms with van der Waals surface area (Å²) >= 11 is 0. The minimum Gasteiger partial charge on any atom is -0.466 e. The van der Waals surface area contributed by atoms with Crippen molar-refractivity contribution in [2.45, 2.75) is 298 Å². The molecule has 0 heterocycles. The van der Waals surface area contributed by atoms with Gasteiger partial charge in [-0.3, -0.25) is 9.18 Å². The van der Waals surface area contributed by atoms with Crippen molar-refractivity contribution >= 4 is 12.3 Å². The Bertz CT molecular complexity index is 983. The van der Waals surface area contributed by atoms with Crippen molar-refractivity contribution in [1.29, 1.82) is 0 Å². The highest BCUT2D eigenvalue weighted by Gasteiger charge is 2.35. The van der Waals surface area contributed by atoms with E-state index in [1.54, 1.807) is 7.11 Å². The van der Waals surface area contributed by atoms with Crippen LogP contribution in [0.1, 0.15) is 280 Å². The van der Waals surface area contributed by atoms with Crippen molar-refractivity contribution in [1.82, 2.24) is 0 Å². The lowest BCUT2D eigenvalue weighted by atomic mass is 9.94. The second-order valence-corrected chi connectivity index (χ2v) is 19.4. The summed E-state index contributed by atoms with van der Waals surface area (Å²) in [6.07, 6.45) is 47.1. The van der Waals surface area contributed by atoms with Crippen molar-refractivity contribution in [3.63, 3.8) is 0 Å². The van der Waals surface area contributed by atoms with Crippen molar-refractivity contribution < 1.29 is 33.3 Å². The summed E-state index contributed by atoms with van der Waals surface area (Å²) in [6, 6.07) is 0. The number of hydrogen-bond acceptors (Lipinski definition) is 7. The summed E-state index contributed by atoms with van der Waals surface area (Å²) in [5, 5.41) is 9.87. The van der Waals surface area contributed by atoms with Crippen LogP contribution in [0.5, 0.6) is 0 Å². The Labute approximate surface area is 411 Å². The lowest BCUT2D eigenvalue weighted by Gasteiger charge is -2.26. The maximum atomic E-state index is 12.5. The first-order valence-electron chi connectivity index (χ1n) is 28.4. The molecule has 0 radical (unpaired) electrons. The van der Waals surface area contributed by atoms with Gasteiger partial charge in [0.2, 0.25) is 0 Å². The van der Waals surface area contributed by atoms with Crippen LogP contribution in [0.4, 0.5) is 4.39 Å². The fourth-order valence-corrected chi connectivity index (χ4v) is 8.77. The third-order valence-electron chi connectivity index (χ3n) is 13.4. The molecule has 0 aromatic rings. The zero-order valence-corrected chi connectivity index (χ0v) is 45.6. The van der Waals surface area contributed by atoms with Gasteiger partial charge in [0.05, 0.1) is 25.5 Å². The molecule has 0 aliphatic heterocycles. The second kappa shape index (κ2) is 56.2. The van der Waals surface area contributed by atoms with E-state index in [1.165, 1.54) is 174 Å². The van der Waals surface area contributed by atoms with Crippen LogP contribution in [-0.2, 0) is 23.8 Å². The van der Waals surface area contributed by atoms with Crippen molar-refractivity contribution in [2.24, 2.45) is 29.4 Å². The molecule has 0 bridgehead atoms. The molecule has 3 N–H and O–H groups in total. The van der Waals surface area contributed by atoms with Crippen LogP contribution in [0.15, 0.2) is 12.2 Å². The Hall–Kier alpha value is -1.35. The molecule has 1 aliphatic carbocycles. The number of unbranched alkanes of at least 4 members (excludes halogenated alkanes) is 19. The first kappa shape index (κ1) is 68.9. The summed E-state index contributed by atoms with van der Waals surface area (Å²) in [7, 11) is 3.25. The van der Waals surface area contributed by atoms with Crippen molar-refractivity contribution in [3.8, 4) is 0 Å². The number of carbonyl (C=O) groups excluding carboxylic acids is 2. The Balaban J connectivity index is -0.00000136. The molecule has 0 aromatic heterocycles. The van der Waals surface area contributed by atoms with Crippen LogP contribution < -0.4 is 5.73 Å². The summed E-state index contributed by atoms with van der Waals surface area (Å²) in [5.74, 6) is 2.34. The Morgan fingerprint density at radius 1 is 0.652 bits per heavy atom. The molecule has 1 rings (SSSR count). The van der Waals surface area contributed by atoms with E-state index >= 15 is 0 Å². The minimum absolute atomic E-state index is 0.0157. The number of hydrogen-bond donors (Lipinski definition) is 2. The summed E-state index contributed by atoms with van der Waals surface area (Å²) < 4.78 is 29.3. The normalized spacial score (nSPS) is 16.4. The maximum absolute atomic E-state index is 12.5. The smallest absolute Gasteiger partial charge is 0.305 e. The Morgan fingerprint density at radius 3 is 1.56 bits per heavy atom. The second-order valence-electron chi connectivity index (χ2n) is 19.4. The minimum atomic E-state index is -1.09. The SMILES string of the molecule is C/C=C\CC.CCCCCCCCC(C=O)CCCCCC.CCCCCCCCC1CC1CCCCCCCCC(CCOC(=O)CCC(C)C(CCCC)OC(O)CCF)OC.CN. The van der Waals surface area contributed by atoms with Gasteiger partial charge in [0, 0.05) is 32.3 Å². The number of rotatable bonds is 45. The molecular formula is C58H116FNO6. The predicted octanol–water partition coefficient (Wildman–Crippen LogP) is 17.2. The molecule has 0 amide bonds. The standard InChI is InChI=1S/C36H69FO5.C16H32O.C5H10.CH5N/c1-5-7-9-10-13-16-19-31-29-32(31)20-17-14-11-12-15-18-21-33(40-4)26-28-41-35(38)24-23-30(3)34(22-8-6-2)42-36(39)25-27-37;1-3-5-7-9-10-12-14-16(15-17)13-11-8-6-4-2;1-3-5-4-2;1-2/h30-34,36,39H,5-29H2,1-4H3;15-16H,3-14H2,1-2H3;3,5H,4H2,1-2H3;2H2,1H3/b;;5-3-;. The first-order valence-corrected chi connectivity index (χ1v) is 28.4. The number of alkyl halides is 1. The van der Waals surface area contributed by atoms with E-state index in [0.717, 1.165) is 63.2 Å². The van der Waals surface area contributed by atoms with Gasteiger partial charge in [-0.15, -0.1) is 0 Å². The number of allylic oxidation sites excluding steroid dienone is 2. The Kier molecular flexibility index (Phi) is 58.7. The molecule has 7 unspecified atom stereocenters. The van der Waals surface area contributed by atoms with E-state index in [4.69, 9.17) is 14.2 Å². The number of aliphatic hydroxyl groups is 1. The van der Waals surface area contributed by atoms with E-state index in [0.29, 0.717) is 25.4 Å². The summed E-state index contributed by atoms with van der Waals surface area (Å²) in [4.78, 5) is 23.3. The van der Waals surface area contributed by atoms with Crippen LogP contribution >= 0.6 is 0 Å². The molecule has 66 heavy (non-hydrogen) atoms. The van der Waals surface area contributed by atoms with Crippen molar-refractivity contribution in [3.05, 3.63) is 12.2 Å². The number of esters is 1. The van der Waals surface area contributed by atoms with E-state index in [9.17, 15) is 19.1 Å². The van der Waals surface area contributed by atoms with Gasteiger partial charge in [-0.2, -0.15) is 0 Å². The number of ether oxygens (including phenoxy) is 3. The molecule has 396 valence electrons. The summed E-state index contributed by atoms with van der Waals surface area (Å²) in [5.41, 5.74) is 4.50. The van der Waals surface area contributed by atoms with Crippen LogP contribution in [0, 0.1) is 23.7 Å². The molecule has 7 nitrogen and oxygen atoms in total. The molecule has 1 aliphatic rings. The molecular weight excluding hydrogens is 826 g/mol. The third kappa shape index (κ3) is 49.1. The van der Waals surface area contributed by atoms with E-state index < -0.39 is 13.0 Å². The van der Waals surface area contributed by atoms with E-state index in [1.807, 2.05) is 13.8 Å². The zero-order chi connectivity index (χ0) is 49.7. The maximum Gasteiger partial charge on any atom is 0.305 e. The van der Waals surface area contributed by atoms with Gasteiger partial charge in [0.1, 0.15) is 6.29 Å². The molecule has 8 heteroatoms. The van der Waals surface area contributed by atoms with E-state index in [-0.39, 0.29) is 30.5 Å². The monoisotopic (exact) mass is 942 g/mol. The number of carbonyl (C=O) groups is 2.